The highest BCUT2D eigenvalue weighted by Gasteiger charge is 2.20. The molecular weight excluding hydrogens is 218 g/mol. The van der Waals surface area contributed by atoms with Gasteiger partial charge in [-0.1, -0.05) is 6.42 Å². The van der Waals surface area contributed by atoms with Gasteiger partial charge in [-0.05, 0) is 19.4 Å². The van der Waals surface area contributed by atoms with Gasteiger partial charge in [0.2, 0.25) is 15.9 Å². The van der Waals surface area contributed by atoms with Gasteiger partial charge in [0.05, 0.1) is 6.26 Å². The van der Waals surface area contributed by atoms with E-state index in [1.165, 1.54) is 0 Å². The van der Waals surface area contributed by atoms with Crippen LogP contribution in [-0.4, -0.2) is 33.2 Å². The minimum atomic E-state index is -3.39. The topological polar surface area (TPSA) is 101 Å². The average molecular weight is 236 g/mol. The lowest BCUT2D eigenvalue weighted by atomic mass is 10.1. The first kappa shape index (κ1) is 14.3. The highest BCUT2D eigenvalue weighted by atomic mass is 32.2. The molecule has 1 radical (unpaired) electrons. The molecule has 0 spiro atoms. The molecule has 0 saturated carbocycles. The summed E-state index contributed by atoms with van der Waals surface area (Å²) in [6, 6.07) is -0.760. The lowest BCUT2D eigenvalue weighted by Gasteiger charge is -2.15. The molecule has 0 aromatic carbocycles. The number of unbranched alkanes of at least 4 members (excludes halogenated alkanes) is 1. The minimum absolute atomic E-state index is 0.422. The maximum atomic E-state index is 11.3. The minimum Gasteiger partial charge on any atom is -0.353 e. The second-order valence-electron chi connectivity index (χ2n) is 3.27. The first-order chi connectivity index (χ1) is 6.90. The van der Waals surface area contributed by atoms with Gasteiger partial charge in [0.25, 0.3) is 0 Å². The quantitative estimate of drug-likeness (QED) is 0.490. The number of carbonyl (C=O) groups is 1. The van der Waals surface area contributed by atoms with Crippen LogP contribution in [0, 0.1) is 7.05 Å². The van der Waals surface area contributed by atoms with Gasteiger partial charge in [-0.25, -0.2) is 13.1 Å². The molecular formula is C8H18N3O3S. The zero-order valence-electron chi connectivity index (χ0n) is 8.82. The van der Waals surface area contributed by atoms with Crippen molar-refractivity contribution in [3.05, 3.63) is 7.05 Å². The first-order valence-electron chi connectivity index (χ1n) is 4.65. The van der Waals surface area contributed by atoms with Crippen LogP contribution in [0.5, 0.6) is 0 Å². The predicted octanol–water partition coefficient (Wildman–Crippen LogP) is -1.06. The Morgan fingerprint density at radius 1 is 1.47 bits per heavy atom. The summed E-state index contributed by atoms with van der Waals surface area (Å²) < 4.78 is 24.2. The molecule has 4 N–H and O–H groups in total. The van der Waals surface area contributed by atoms with Gasteiger partial charge in [0, 0.05) is 7.05 Å². The third-order valence-corrected chi connectivity index (χ3v) is 2.51. The summed E-state index contributed by atoms with van der Waals surface area (Å²) in [4.78, 5) is 11.3. The second-order valence-corrected chi connectivity index (χ2v) is 5.05. The number of hydrogen-bond acceptors (Lipinski definition) is 4. The molecule has 6 nitrogen and oxygen atoms in total. The van der Waals surface area contributed by atoms with Crippen molar-refractivity contribution in [2.24, 2.45) is 5.73 Å². The van der Waals surface area contributed by atoms with Gasteiger partial charge < -0.3 is 11.1 Å². The van der Waals surface area contributed by atoms with Crippen molar-refractivity contribution in [2.75, 3.05) is 12.8 Å². The molecule has 0 saturated heterocycles. The monoisotopic (exact) mass is 236 g/mol. The smallest absolute Gasteiger partial charge is 0.238 e. The van der Waals surface area contributed by atoms with Crippen molar-refractivity contribution in [1.82, 2.24) is 10.0 Å². The van der Waals surface area contributed by atoms with E-state index in [-0.39, 0.29) is 0 Å². The van der Waals surface area contributed by atoms with Crippen LogP contribution < -0.4 is 15.8 Å². The Balaban J connectivity index is 4.26. The van der Waals surface area contributed by atoms with E-state index in [9.17, 15) is 13.2 Å². The SMILES string of the molecule is [CH2]NC(=O)[C@H](CCCCN)NS(C)(=O)=O. The van der Waals surface area contributed by atoms with Crippen LogP contribution in [0.1, 0.15) is 19.3 Å². The van der Waals surface area contributed by atoms with E-state index in [0.29, 0.717) is 19.4 Å². The van der Waals surface area contributed by atoms with Crippen LogP contribution in [0.4, 0.5) is 0 Å². The number of hydrogen-bond donors (Lipinski definition) is 3. The molecule has 0 bridgehead atoms. The van der Waals surface area contributed by atoms with Crippen LogP contribution in [0.2, 0.25) is 0 Å². The van der Waals surface area contributed by atoms with E-state index in [2.05, 4.69) is 17.1 Å². The number of amides is 1. The summed E-state index contributed by atoms with van der Waals surface area (Å²) >= 11 is 0. The molecule has 0 aromatic rings. The molecule has 1 atom stereocenters. The Hall–Kier alpha value is -0.660. The lowest BCUT2D eigenvalue weighted by Crippen LogP contribution is -2.44. The Labute approximate surface area is 90.7 Å². The van der Waals surface area contributed by atoms with E-state index in [1.54, 1.807) is 0 Å². The molecule has 89 valence electrons. The van der Waals surface area contributed by atoms with Crippen LogP contribution in [0.3, 0.4) is 0 Å². The van der Waals surface area contributed by atoms with Crippen molar-refractivity contribution >= 4 is 15.9 Å². The lowest BCUT2D eigenvalue weighted by molar-refractivity contribution is -0.122. The van der Waals surface area contributed by atoms with Gasteiger partial charge in [-0.2, -0.15) is 0 Å². The van der Waals surface area contributed by atoms with Crippen LogP contribution in [0.15, 0.2) is 0 Å². The molecule has 0 heterocycles. The summed E-state index contributed by atoms with van der Waals surface area (Å²) in [6.45, 7) is 0.525. The Morgan fingerprint density at radius 2 is 2.07 bits per heavy atom. The van der Waals surface area contributed by atoms with Gasteiger partial charge >= 0.3 is 0 Å². The summed E-state index contributed by atoms with van der Waals surface area (Å²) in [6.07, 6.45) is 2.88. The molecule has 15 heavy (non-hydrogen) atoms. The van der Waals surface area contributed by atoms with Gasteiger partial charge in [0.15, 0.2) is 0 Å². The molecule has 0 aliphatic rings. The molecule has 0 rings (SSSR count). The number of sulfonamides is 1. The Morgan fingerprint density at radius 3 is 2.47 bits per heavy atom. The fraction of sp³-hybridized carbons (Fsp3) is 0.750. The molecule has 0 fully saturated rings. The largest absolute Gasteiger partial charge is 0.353 e. The number of nitrogens with one attached hydrogen (secondary N) is 2. The fourth-order valence-electron chi connectivity index (χ4n) is 1.12. The predicted molar refractivity (Wildman–Crippen MR) is 58.2 cm³/mol. The third-order valence-electron chi connectivity index (χ3n) is 1.79. The van der Waals surface area contributed by atoms with Crippen molar-refractivity contribution in [3.8, 4) is 0 Å². The molecule has 0 aliphatic carbocycles. The normalized spacial score (nSPS) is 13.5. The van der Waals surface area contributed by atoms with E-state index >= 15 is 0 Å². The summed E-state index contributed by atoms with van der Waals surface area (Å²) in [5.74, 6) is -0.433. The zero-order chi connectivity index (χ0) is 11.9. The molecule has 1 amide bonds. The maximum Gasteiger partial charge on any atom is 0.238 e. The van der Waals surface area contributed by atoms with Gasteiger partial charge in [-0.15, -0.1) is 0 Å². The third kappa shape index (κ3) is 7.29. The van der Waals surface area contributed by atoms with Crippen molar-refractivity contribution < 1.29 is 13.2 Å². The molecule has 7 heteroatoms. The summed E-state index contributed by atoms with van der Waals surface area (Å²) in [5, 5.41) is 2.17. The van der Waals surface area contributed by atoms with E-state index in [4.69, 9.17) is 5.73 Å². The fourth-order valence-corrected chi connectivity index (χ4v) is 1.86. The number of rotatable bonds is 7. The zero-order valence-corrected chi connectivity index (χ0v) is 9.64. The maximum absolute atomic E-state index is 11.3. The van der Waals surface area contributed by atoms with E-state index < -0.39 is 22.0 Å². The van der Waals surface area contributed by atoms with Crippen molar-refractivity contribution in [1.29, 1.82) is 0 Å². The van der Waals surface area contributed by atoms with Gasteiger partial charge in [-0.3, -0.25) is 4.79 Å². The van der Waals surface area contributed by atoms with Crippen LogP contribution in [0.25, 0.3) is 0 Å². The summed E-state index contributed by atoms with van der Waals surface area (Å²) in [7, 11) is -0.180. The van der Waals surface area contributed by atoms with E-state index in [1.807, 2.05) is 0 Å². The Bertz CT molecular complexity index is 290. The van der Waals surface area contributed by atoms with Gasteiger partial charge in [0.1, 0.15) is 6.04 Å². The standard InChI is InChI=1S/C8H18N3O3S/c1-10-8(12)7(5-3-4-6-9)11-15(2,13)14/h7,11H,1,3-6,9H2,2H3,(H,10,12)/t7-/m0/s1. The van der Waals surface area contributed by atoms with Crippen molar-refractivity contribution in [2.45, 2.75) is 25.3 Å². The molecule has 0 unspecified atom stereocenters. The molecule has 0 aliphatic heterocycles. The first-order valence-corrected chi connectivity index (χ1v) is 6.54. The second kappa shape index (κ2) is 6.76. The summed E-state index contributed by atoms with van der Waals surface area (Å²) in [5.41, 5.74) is 5.30. The molecule has 0 aromatic heterocycles. The van der Waals surface area contributed by atoms with Crippen LogP contribution in [-0.2, 0) is 14.8 Å². The van der Waals surface area contributed by atoms with Crippen LogP contribution >= 0.6 is 0 Å². The number of carbonyl (C=O) groups excluding carboxylic acids is 1. The number of nitrogens with two attached hydrogens (primary N) is 1. The van der Waals surface area contributed by atoms with E-state index in [0.717, 1.165) is 12.7 Å². The van der Waals surface area contributed by atoms with Crippen molar-refractivity contribution in [3.63, 3.8) is 0 Å². The highest BCUT2D eigenvalue weighted by Crippen LogP contribution is 2.01. The average Bonchev–Trinajstić information content (AvgIpc) is 2.13. The highest BCUT2D eigenvalue weighted by molar-refractivity contribution is 7.88. The Kier molecular flexibility index (Phi) is 6.46.